The van der Waals surface area contributed by atoms with Crippen LogP contribution in [-0.2, 0) is 0 Å². The van der Waals surface area contributed by atoms with Crippen molar-refractivity contribution in [3.05, 3.63) is 30.6 Å². The Morgan fingerprint density at radius 3 is 2.46 bits per heavy atom. The van der Waals surface area contributed by atoms with Gasteiger partial charge < -0.3 is 14.8 Å². The predicted molar refractivity (Wildman–Crippen MR) is 87.0 cm³/mol. The normalized spacial score (nSPS) is 16.2. The number of piperidine rings is 1. The minimum absolute atomic E-state index is 0.141. The lowest BCUT2D eigenvalue weighted by Crippen LogP contribution is -2.29. The lowest BCUT2D eigenvalue weighted by Gasteiger charge is -2.22. The van der Waals surface area contributed by atoms with Crippen molar-refractivity contribution >= 4 is 0 Å². The van der Waals surface area contributed by atoms with Gasteiger partial charge in [-0.15, -0.1) is 13.2 Å². The summed E-state index contributed by atoms with van der Waals surface area (Å²) in [6, 6.07) is 3.17. The standard InChI is InChI=1S/C17H17F6N3O2/c18-16(19,20)10-27-15-7-13(28-17(21,22)23)1-2-14(15)11-8-25-26(9-11)12-3-5-24-6-4-12/h1-2,7-9,12,24H,3-6,10H2. The van der Waals surface area contributed by atoms with E-state index in [1.54, 1.807) is 10.9 Å². The molecule has 2 heterocycles. The Balaban J connectivity index is 1.88. The Hall–Kier alpha value is -2.43. The first-order valence-electron chi connectivity index (χ1n) is 8.45. The van der Waals surface area contributed by atoms with Crippen molar-refractivity contribution in [3.8, 4) is 22.6 Å². The number of nitrogens with zero attached hydrogens (tertiary/aromatic N) is 2. The van der Waals surface area contributed by atoms with Crippen molar-refractivity contribution in [1.29, 1.82) is 0 Å². The molecule has 1 saturated heterocycles. The number of alkyl halides is 6. The van der Waals surface area contributed by atoms with Gasteiger partial charge in [0.25, 0.3) is 0 Å². The molecule has 0 saturated carbocycles. The van der Waals surface area contributed by atoms with Gasteiger partial charge in [-0.1, -0.05) is 0 Å². The first kappa shape index (κ1) is 20.3. The smallest absolute Gasteiger partial charge is 0.483 e. The van der Waals surface area contributed by atoms with Crippen LogP contribution in [0.1, 0.15) is 18.9 Å². The molecule has 5 nitrogen and oxygen atoms in total. The number of ether oxygens (including phenoxy) is 2. The predicted octanol–water partition coefficient (Wildman–Crippen LogP) is 4.31. The molecule has 0 spiro atoms. The van der Waals surface area contributed by atoms with Gasteiger partial charge in [0.15, 0.2) is 6.61 Å². The van der Waals surface area contributed by atoms with Gasteiger partial charge in [-0.3, -0.25) is 4.68 Å². The van der Waals surface area contributed by atoms with E-state index >= 15 is 0 Å². The molecule has 1 fully saturated rings. The van der Waals surface area contributed by atoms with E-state index in [9.17, 15) is 26.3 Å². The van der Waals surface area contributed by atoms with E-state index in [1.807, 2.05) is 0 Å². The van der Waals surface area contributed by atoms with E-state index in [0.717, 1.165) is 38.1 Å². The minimum atomic E-state index is -4.97. The number of hydrogen-bond donors (Lipinski definition) is 1. The van der Waals surface area contributed by atoms with E-state index < -0.39 is 24.9 Å². The monoisotopic (exact) mass is 409 g/mol. The lowest BCUT2D eigenvalue weighted by molar-refractivity contribution is -0.274. The summed E-state index contributed by atoms with van der Waals surface area (Å²) in [7, 11) is 0. The summed E-state index contributed by atoms with van der Waals surface area (Å²) >= 11 is 0. The topological polar surface area (TPSA) is 48.3 Å². The Morgan fingerprint density at radius 2 is 1.82 bits per heavy atom. The summed E-state index contributed by atoms with van der Waals surface area (Å²) in [6.07, 6.45) is -4.83. The number of rotatable bonds is 5. The fraction of sp³-hybridized carbons (Fsp3) is 0.471. The van der Waals surface area contributed by atoms with E-state index in [1.165, 1.54) is 12.3 Å². The molecular weight excluding hydrogens is 392 g/mol. The number of halogens is 6. The summed E-state index contributed by atoms with van der Waals surface area (Å²) in [5.74, 6) is -1.04. The van der Waals surface area contributed by atoms with Crippen LogP contribution in [0.5, 0.6) is 11.5 Å². The summed E-state index contributed by atoms with van der Waals surface area (Å²) < 4.78 is 85.1. The maximum Gasteiger partial charge on any atom is 0.573 e. The molecule has 3 rings (SSSR count). The number of aromatic nitrogens is 2. The summed E-state index contributed by atoms with van der Waals surface area (Å²) in [5.41, 5.74) is 0.633. The first-order valence-corrected chi connectivity index (χ1v) is 8.45. The van der Waals surface area contributed by atoms with Crippen LogP contribution in [0.15, 0.2) is 30.6 Å². The average Bonchev–Trinajstić information content (AvgIpc) is 3.09. The number of hydrogen-bond acceptors (Lipinski definition) is 4. The van der Waals surface area contributed by atoms with Gasteiger partial charge in [0.1, 0.15) is 11.5 Å². The van der Waals surface area contributed by atoms with Crippen molar-refractivity contribution in [2.45, 2.75) is 31.4 Å². The number of nitrogens with one attached hydrogen (secondary N) is 1. The van der Waals surface area contributed by atoms with Crippen molar-refractivity contribution in [1.82, 2.24) is 15.1 Å². The highest BCUT2D eigenvalue weighted by Crippen LogP contribution is 2.36. The lowest BCUT2D eigenvalue weighted by atomic mass is 10.1. The van der Waals surface area contributed by atoms with Crippen LogP contribution >= 0.6 is 0 Å². The third-order valence-corrected chi connectivity index (χ3v) is 4.17. The molecule has 0 bridgehead atoms. The van der Waals surface area contributed by atoms with Gasteiger partial charge in [-0.2, -0.15) is 18.3 Å². The summed E-state index contributed by atoms with van der Waals surface area (Å²) in [6.45, 7) is 0.00443. The van der Waals surface area contributed by atoms with E-state index in [-0.39, 0.29) is 17.4 Å². The highest BCUT2D eigenvalue weighted by molar-refractivity contribution is 5.70. The maximum absolute atomic E-state index is 12.5. The van der Waals surface area contributed by atoms with Crippen LogP contribution in [0, 0.1) is 0 Å². The second-order valence-corrected chi connectivity index (χ2v) is 6.30. The molecule has 1 aliphatic heterocycles. The molecule has 2 aromatic rings. The molecule has 1 N–H and O–H groups in total. The molecular formula is C17H17F6N3O2. The van der Waals surface area contributed by atoms with Crippen LogP contribution in [-0.4, -0.2) is 42.0 Å². The molecule has 154 valence electrons. The van der Waals surface area contributed by atoms with Gasteiger partial charge in [0.05, 0.1) is 12.2 Å². The SMILES string of the molecule is FC(F)(F)COc1cc(OC(F)(F)F)ccc1-c1cnn(C2CCNCC2)c1. The maximum atomic E-state index is 12.5. The minimum Gasteiger partial charge on any atom is -0.483 e. The Kier molecular flexibility index (Phi) is 5.73. The highest BCUT2D eigenvalue weighted by Gasteiger charge is 2.32. The zero-order valence-electron chi connectivity index (χ0n) is 14.5. The van der Waals surface area contributed by atoms with Crippen molar-refractivity contribution in [2.75, 3.05) is 19.7 Å². The molecule has 0 atom stereocenters. The molecule has 0 radical (unpaired) electrons. The summed E-state index contributed by atoms with van der Waals surface area (Å²) in [5, 5.41) is 7.46. The Bertz CT molecular complexity index is 797. The largest absolute Gasteiger partial charge is 0.573 e. The van der Waals surface area contributed by atoms with Crippen molar-refractivity contribution in [2.24, 2.45) is 0 Å². The fourth-order valence-corrected chi connectivity index (χ4v) is 2.97. The molecule has 0 amide bonds. The second kappa shape index (κ2) is 7.90. The molecule has 0 unspecified atom stereocenters. The summed E-state index contributed by atoms with van der Waals surface area (Å²) in [4.78, 5) is 0. The second-order valence-electron chi connectivity index (χ2n) is 6.30. The zero-order valence-corrected chi connectivity index (χ0v) is 14.5. The molecule has 1 aliphatic rings. The van der Waals surface area contributed by atoms with E-state index in [0.29, 0.717) is 5.56 Å². The highest BCUT2D eigenvalue weighted by atomic mass is 19.4. The van der Waals surface area contributed by atoms with Gasteiger partial charge in [0, 0.05) is 23.4 Å². The van der Waals surface area contributed by atoms with E-state index in [4.69, 9.17) is 4.74 Å². The van der Waals surface area contributed by atoms with Crippen LogP contribution in [0.2, 0.25) is 0 Å². The van der Waals surface area contributed by atoms with Gasteiger partial charge in [-0.25, -0.2) is 0 Å². The van der Waals surface area contributed by atoms with Crippen molar-refractivity contribution < 1.29 is 35.8 Å². The number of benzene rings is 1. The average molecular weight is 409 g/mol. The van der Waals surface area contributed by atoms with E-state index in [2.05, 4.69) is 15.2 Å². The fourth-order valence-electron chi connectivity index (χ4n) is 2.97. The van der Waals surface area contributed by atoms with Crippen LogP contribution in [0.25, 0.3) is 11.1 Å². The van der Waals surface area contributed by atoms with Gasteiger partial charge in [-0.05, 0) is 38.1 Å². The molecule has 1 aromatic heterocycles. The third-order valence-electron chi connectivity index (χ3n) is 4.17. The zero-order chi connectivity index (χ0) is 20.4. The molecule has 0 aliphatic carbocycles. The first-order chi connectivity index (χ1) is 13.1. The van der Waals surface area contributed by atoms with Gasteiger partial charge >= 0.3 is 12.5 Å². The van der Waals surface area contributed by atoms with Crippen LogP contribution in [0.3, 0.4) is 0 Å². The van der Waals surface area contributed by atoms with Gasteiger partial charge in [0.2, 0.25) is 0 Å². The van der Waals surface area contributed by atoms with Crippen LogP contribution in [0.4, 0.5) is 26.3 Å². The van der Waals surface area contributed by atoms with Crippen LogP contribution < -0.4 is 14.8 Å². The molecule has 28 heavy (non-hydrogen) atoms. The Morgan fingerprint density at radius 1 is 1.11 bits per heavy atom. The molecule has 11 heteroatoms. The van der Waals surface area contributed by atoms with Crippen molar-refractivity contribution in [3.63, 3.8) is 0 Å². The Labute approximate surface area is 156 Å². The quantitative estimate of drug-likeness (QED) is 0.748. The molecule has 1 aromatic carbocycles. The third kappa shape index (κ3) is 5.54.